The normalized spacial score (nSPS) is 20.1. The summed E-state index contributed by atoms with van der Waals surface area (Å²) in [5.74, 6) is -1.12. The number of carbonyl (C=O) groups is 2. The number of amides is 1. The highest BCUT2D eigenvalue weighted by molar-refractivity contribution is 6.15. The van der Waals surface area contributed by atoms with Gasteiger partial charge in [0.1, 0.15) is 0 Å². The van der Waals surface area contributed by atoms with Gasteiger partial charge in [-0.05, 0) is 79.1 Å². The molecule has 3 aromatic carbocycles. The number of nitrogens with one attached hydrogen (secondary N) is 1. The van der Waals surface area contributed by atoms with Crippen molar-refractivity contribution in [2.24, 2.45) is 5.41 Å². The van der Waals surface area contributed by atoms with Crippen molar-refractivity contribution >= 4 is 28.3 Å². The molecular weight excluding hydrogens is 478 g/mol. The number of carbonyl (C=O) groups excluding carboxylic acids is 1. The number of benzene rings is 3. The van der Waals surface area contributed by atoms with Crippen LogP contribution in [0.15, 0.2) is 71.5 Å². The number of nitrogens with zero attached hydrogens (tertiary/aromatic N) is 2. The molecule has 0 aliphatic heterocycles. The van der Waals surface area contributed by atoms with Gasteiger partial charge >= 0.3 is 5.97 Å². The third-order valence-corrected chi connectivity index (χ3v) is 8.17. The summed E-state index contributed by atoms with van der Waals surface area (Å²) in [6.07, 6.45) is 4.55. The summed E-state index contributed by atoms with van der Waals surface area (Å²) in [4.78, 5) is 40.2. The van der Waals surface area contributed by atoms with E-state index in [-0.39, 0.29) is 11.5 Å². The summed E-state index contributed by atoms with van der Waals surface area (Å²) in [5, 5.41) is 18.7. The molecule has 192 valence electrons. The number of aliphatic carboxylic acids is 1. The van der Waals surface area contributed by atoms with Crippen molar-refractivity contribution in [1.29, 1.82) is 0 Å². The lowest BCUT2D eigenvalue weighted by molar-refractivity contribution is -0.142. The lowest BCUT2D eigenvalue weighted by Crippen LogP contribution is -2.37. The van der Waals surface area contributed by atoms with E-state index in [4.69, 9.17) is 0 Å². The Kier molecular flexibility index (Phi) is 5.86. The van der Waals surface area contributed by atoms with Crippen LogP contribution in [0.1, 0.15) is 58.9 Å². The summed E-state index contributed by atoms with van der Waals surface area (Å²) in [7, 11) is 0. The topological polar surface area (TPSA) is 103 Å². The lowest BCUT2D eigenvalue weighted by atomic mass is 9.90. The first-order valence-electron chi connectivity index (χ1n) is 13.1. The molecule has 2 N–H and O–H groups in total. The van der Waals surface area contributed by atoms with E-state index in [1.54, 1.807) is 17.9 Å². The summed E-state index contributed by atoms with van der Waals surface area (Å²) in [5.41, 5.74) is 3.77. The van der Waals surface area contributed by atoms with E-state index in [0.717, 1.165) is 58.8 Å². The van der Waals surface area contributed by atoms with Crippen LogP contribution in [-0.2, 0) is 24.1 Å². The maximum absolute atomic E-state index is 14.1. The van der Waals surface area contributed by atoms with Crippen LogP contribution >= 0.6 is 0 Å². The minimum atomic E-state index is -1.00. The zero-order valence-corrected chi connectivity index (χ0v) is 21.2. The van der Waals surface area contributed by atoms with Crippen LogP contribution in [0.25, 0.3) is 10.8 Å². The van der Waals surface area contributed by atoms with Crippen molar-refractivity contribution in [3.63, 3.8) is 0 Å². The zero-order valence-electron chi connectivity index (χ0n) is 21.2. The first-order valence-corrected chi connectivity index (χ1v) is 13.1. The lowest BCUT2D eigenvalue weighted by Gasteiger charge is -2.26. The number of hydrogen-bond donors (Lipinski definition) is 2. The van der Waals surface area contributed by atoms with Crippen LogP contribution in [0, 0.1) is 5.41 Å². The molecule has 6 rings (SSSR count). The average Bonchev–Trinajstić information content (AvgIpc) is 3.62. The number of anilines is 1. The number of aromatic nitrogens is 2. The quantitative estimate of drug-likeness (QED) is 0.386. The van der Waals surface area contributed by atoms with Crippen molar-refractivity contribution in [3.8, 4) is 0 Å². The third-order valence-electron chi connectivity index (χ3n) is 8.17. The summed E-state index contributed by atoms with van der Waals surface area (Å²) >= 11 is 0. The van der Waals surface area contributed by atoms with E-state index in [0.29, 0.717) is 24.1 Å². The molecule has 7 nitrogen and oxygen atoms in total. The molecule has 2 atom stereocenters. The molecule has 0 spiro atoms. The van der Waals surface area contributed by atoms with Gasteiger partial charge in [-0.3, -0.25) is 14.4 Å². The van der Waals surface area contributed by atoms with Crippen molar-refractivity contribution in [1.82, 2.24) is 10.2 Å². The Balaban J connectivity index is 1.40. The fourth-order valence-corrected chi connectivity index (χ4v) is 5.81. The van der Waals surface area contributed by atoms with Gasteiger partial charge in [-0.25, -0.2) is 5.10 Å². The van der Waals surface area contributed by atoms with E-state index in [1.807, 2.05) is 60.7 Å². The number of aromatic amines is 1. The van der Waals surface area contributed by atoms with E-state index in [2.05, 4.69) is 10.2 Å². The first-order chi connectivity index (χ1) is 18.4. The van der Waals surface area contributed by atoms with Gasteiger partial charge in [-0.15, -0.1) is 0 Å². The molecule has 2 aliphatic rings. The molecule has 2 aliphatic carbocycles. The molecule has 4 aromatic rings. The van der Waals surface area contributed by atoms with Gasteiger partial charge in [0, 0.05) is 23.2 Å². The van der Waals surface area contributed by atoms with Crippen molar-refractivity contribution < 1.29 is 14.7 Å². The Morgan fingerprint density at radius 3 is 2.55 bits per heavy atom. The molecule has 1 heterocycles. The van der Waals surface area contributed by atoms with Gasteiger partial charge in [0.25, 0.3) is 11.5 Å². The molecule has 2 unspecified atom stereocenters. The van der Waals surface area contributed by atoms with Gasteiger partial charge < -0.3 is 10.0 Å². The van der Waals surface area contributed by atoms with E-state index >= 15 is 0 Å². The second-order valence-corrected chi connectivity index (χ2v) is 10.7. The van der Waals surface area contributed by atoms with E-state index < -0.39 is 17.4 Å². The van der Waals surface area contributed by atoms with Gasteiger partial charge in [-0.1, -0.05) is 48.5 Å². The van der Waals surface area contributed by atoms with Crippen LogP contribution < -0.4 is 10.5 Å². The highest BCUT2D eigenvalue weighted by Crippen LogP contribution is 2.51. The second kappa shape index (κ2) is 9.24. The SMILES string of the molecule is CC1(C(=O)O)CC1N(C(=O)c1cccc2ccccc12)c1cccc(Cc2n[nH]c(=O)c3c2CCCC3)c1. The Hall–Kier alpha value is -4.26. The zero-order chi connectivity index (χ0) is 26.4. The number of carboxylic acids is 1. The third kappa shape index (κ3) is 4.08. The van der Waals surface area contributed by atoms with Crippen LogP contribution in [0.4, 0.5) is 5.69 Å². The molecule has 38 heavy (non-hydrogen) atoms. The predicted molar refractivity (Wildman–Crippen MR) is 146 cm³/mol. The van der Waals surface area contributed by atoms with Crippen LogP contribution in [-0.4, -0.2) is 33.2 Å². The monoisotopic (exact) mass is 507 g/mol. The molecule has 1 saturated carbocycles. The molecule has 1 fully saturated rings. The Morgan fingerprint density at radius 2 is 1.76 bits per heavy atom. The molecule has 1 aromatic heterocycles. The van der Waals surface area contributed by atoms with Crippen LogP contribution in [0.5, 0.6) is 0 Å². The second-order valence-electron chi connectivity index (χ2n) is 10.7. The molecule has 0 radical (unpaired) electrons. The maximum atomic E-state index is 14.1. The highest BCUT2D eigenvalue weighted by Gasteiger charge is 2.61. The number of H-pyrrole nitrogens is 1. The molecule has 7 heteroatoms. The van der Waals surface area contributed by atoms with Crippen molar-refractivity contribution in [2.45, 2.75) is 51.5 Å². The van der Waals surface area contributed by atoms with E-state index in [1.165, 1.54) is 0 Å². The molecule has 1 amide bonds. The average molecular weight is 508 g/mol. The number of hydrogen-bond acceptors (Lipinski definition) is 4. The number of fused-ring (bicyclic) bond motifs is 2. The first kappa shape index (κ1) is 24.1. The van der Waals surface area contributed by atoms with Gasteiger partial charge in [0.2, 0.25) is 0 Å². The number of carboxylic acid groups (broad SMARTS) is 1. The summed E-state index contributed by atoms with van der Waals surface area (Å²) in [6, 6.07) is 20.6. The largest absolute Gasteiger partial charge is 0.481 e. The van der Waals surface area contributed by atoms with Gasteiger partial charge in [0.15, 0.2) is 0 Å². The maximum Gasteiger partial charge on any atom is 0.311 e. The van der Waals surface area contributed by atoms with E-state index in [9.17, 15) is 19.5 Å². The van der Waals surface area contributed by atoms with Crippen LogP contribution in [0.2, 0.25) is 0 Å². The summed E-state index contributed by atoms with van der Waals surface area (Å²) < 4.78 is 0. The predicted octanol–water partition coefficient (Wildman–Crippen LogP) is 4.90. The fraction of sp³-hybridized carbons (Fsp3) is 0.290. The Bertz CT molecular complexity index is 1640. The smallest absolute Gasteiger partial charge is 0.311 e. The van der Waals surface area contributed by atoms with Crippen molar-refractivity contribution in [2.75, 3.05) is 4.90 Å². The molecule has 0 saturated heterocycles. The standard InChI is InChI=1S/C31H29N3O4/c1-31(30(37)38)18-27(31)34(29(36)25-15-7-10-20-9-2-3-12-22(20)25)21-11-6-8-19(16-21)17-26-23-13-4-5-14-24(23)28(35)33-32-26/h2-3,6-12,15-16,27H,4-5,13-14,17-18H2,1H3,(H,33,35)(H,37,38). The van der Waals surface area contributed by atoms with Gasteiger partial charge in [-0.2, -0.15) is 5.10 Å². The fourth-order valence-electron chi connectivity index (χ4n) is 5.81. The van der Waals surface area contributed by atoms with Gasteiger partial charge in [0.05, 0.1) is 17.2 Å². The Morgan fingerprint density at radius 1 is 1.03 bits per heavy atom. The minimum Gasteiger partial charge on any atom is -0.481 e. The highest BCUT2D eigenvalue weighted by atomic mass is 16.4. The Labute approximate surface area is 220 Å². The molecule has 0 bridgehead atoms. The van der Waals surface area contributed by atoms with Crippen molar-refractivity contribution in [3.05, 3.63) is 105 Å². The van der Waals surface area contributed by atoms with Crippen LogP contribution in [0.3, 0.4) is 0 Å². The minimum absolute atomic E-state index is 0.106. The number of rotatable bonds is 6. The summed E-state index contributed by atoms with van der Waals surface area (Å²) in [6.45, 7) is 1.70. The molecular formula is C31H29N3O4.